The van der Waals surface area contributed by atoms with Crippen molar-refractivity contribution in [3.8, 4) is 0 Å². The van der Waals surface area contributed by atoms with E-state index in [1.54, 1.807) is 16.7 Å². The summed E-state index contributed by atoms with van der Waals surface area (Å²) < 4.78 is 14.8. The number of anilines is 1. The van der Waals surface area contributed by atoms with E-state index in [2.05, 4.69) is 28.7 Å². The van der Waals surface area contributed by atoms with Crippen LogP contribution >= 0.6 is 11.8 Å². The number of nitrogens with one attached hydrogen (secondary N) is 1. The number of hydrogen-bond donors (Lipinski definition) is 1. The maximum absolute atomic E-state index is 13.2. The summed E-state index contributed by atoms with van der Waals surface area (Å²) in [5.74, 6) is 0.287. The van der Waals surface area contributed by atoms with Crippen LogP contribution in [0.4, 0.5) is 10.1 Å². The number of aryl methyl sites for hydroxylation is 1. The summed E-state index contributed by atoms with van der Waals surface area (Å²) in [6.45, 7) is 9.17. The molecule has 1 aliphatic heterocycles. The summed E-state index contributed by atoms with van der Waals surface area (Å²) in [6.07, 6.45) is 0. The van der Waals surface area contributed by atoms with Crippen LogP contribution in [-0.2, 0) is 11.3 Å². The van der Waals surface area contributed by atoms with Crippen molar-refractivity contribution in [2.45, 2.75) is 32.5 Å². The Balaban J connectivity index is 1.42. The van der Waals surface area contributed by atoms with Crippen LogP contribution in [0.5, 0.6) is 0 Å². The minimum Gasteiger partial charge on any atom is -0.368 e. The average molecular weight is 458 g/mol. The quantitative estimate of drug-likeness (QED) is 0.454. The van der Waals surface area contributed by atoms with Gasteiger partial charge in [-0.25, -0.2) is 9.37 Å². The van der Waals surface area contributed by atoms with Gasteiger partial charge in [0.25, 0.3) is 5.56 Å². The second-order valence-electron chi connectivity index (χ2n) is 8.55. The van der Waals surface area contributed by atoms with Crippen LogP contribution in [0.1, 0.15) is 19.5 Å². The molecule has 1 aliphatic rings. The summed E-state index contributed by atoms with van der Waals surface area (Å²) >= 11 is 1.32. The van der Waals surface area contributed by atoms with Crippen LogP contribution in [0.25, 0.3) is 11.0 Å². The van der Waals surface area contributed by atoms with Gasteiger partial charge in [0, 0.05) is 44.1 Å². The van der Waals surface area contributed by atoms with Gasteiger partial charge in [-0.2, -0.15) is 0 Å². The highest BCUT2D eigenvalue weighted by Gasteiger charge is 2.23. The number of aromatic amines is 1. The summed E-state index contributed by atoms with van der Waals surface area (Å²) in [5.41, 5.74) is 2.90. The number of hydrogen-bond acceptors (Lipinski definition) is 5. The fourth-order valence-electron chi connectivity index (χ4n) is 3.93. The second-order valence-corrected chi connectivity index (χ2v) is 9.49. The minimum atomic E-state index is -0.253. The van der Waals surface area contributed by atoms with Gasteiger partial charge in [0.2, 0.25) is 5.91 Å². The molecule has 3 aromatic rings. The lowest BCUT2D eigenvalue weighted by Crippen LogP contribution is -2.49. The molecule has 4 rings (SSSR count). The van der Waals surface area contributed by atoms with Crippen molar-refractivity contribution in [3.63, 3.8) is 0 Å². The third-order valence-corrected chi connectivity index (χ3v) is 6.50. The average Bonchev–Trinajstić information content (AvgIpc) is 3.15. The summed E-state index contributed by atoms with van der Waals surface area (Å²) in [7, 11) is 0. The number of fused-ring (bicyclic) bond motifs is 1. The van der Waals surface area contributed by atoms with Crippen molar-refractivity contribution >= 4 is 34.4 Å². The number of rotatable bonds is 6. The monoisotopic (exact) mass is 457 g/mol. The lowest BCUT2D eigenvalue weighted by molar-refractivity contribution is -0.128. The molecule has 1 amide bonds. The van der Waals surface area contributed by atoms with E-state index in [4.69, 9.17) is 0 Å². The molecule has 170 valence electrons. The third kappa shape index (κ3) is 4.82. The second kappa shape index (κ2) is 9.36. The highest BCUT2D eigenvalue weighted by molar-refractivity contribution is 7.99. The largest absolute Gasteiger partial charge is 0.368 e. The maximum Gasteiger partial charge on any atom is 0.278 e. The van der Waals surface area contributed by atoms with E-state index in [1.807, 2.05) is 17.9 Å². The van der Waals surface area contributed by atoms with Gasteiger partial charge < -0.3 is 14.8 Å². The zero-order valence-corrected chi connectivity index (χ0v) is 19.4. The molecule has 9 heteroatoms. The molecule has 0 spiro atoms. The highest BCUT2D eigenvalue weighted by atomic mass is 32.2. The molecule has 1 fully saturated rings. The fourth-order valence-corrected chi connectivity index (χ4v) is 4.84. The molecule has 3 heterocycles. The number of carbonyl (C=O) groups excluding carboxylic acids is 1. The van der Waals surface area contributed by atoms with E-state index in [9.17, 15) is 14.0 Å². The van der Waals surface area contributed by atoms with Crippen LogP contribution in [0.2, 0.25) is 0 Å². The predicted octanol–water partition coefficient (Wildman–Crippen LogP) is 3.27. The Kier molecular flexibility index (Phi) is 6.55. The molecule has 32 heavy (non-hydrogen) atoms. The number of halogens is 1. The normalized spacial score (nSPS) is 14.5. The van der Waals surface area contributed by atoms with E-state index in [0.29, 0.717) is 48.9 Å². The van der Waals surface area contributed by atoms with E-state index in [0.717, 1.165) is 11.4 Å². The van der Waals surface area contributed by atoms with Crippen molar-refractivity contribution in [1.29, 1.82) is 0 Å². The fraction of sp³-hybridized carbons (Fsp3) is 0.435. The van der Waals surface area contributed by atoms with E-state index in [-0.39, 0.29) is 29.0 Å². The number of thioether (sulfide) groups is 1. The molecular formula is C23H28FN5O2S. The first kappa shape index (κ1) is 22.4. The van der Waals surface area contributed by atoms with Gasteiger partial charge >= 0.3 is 0 Å². The van der Waals surface area contributed by atoms with E-state index >= 15 is 0 Å². The summed E-state index contributed by atoms with van der Waals surface area (Å²) in [5, 5.41) is 0.577. The molecule has 1 saturated heterocycles. The van der Waals surface area contributed by atoms with Crippen molar-refractivity contribution < 1.29 is 9.18 Å². The van der Waals surface area contributed by atoms with Crippen molar-refractivity contribution in [2.24, 2.45) is 5.92 Å². The molecule has 0 unspecified atom stereocenters. The van der Waals surface area contributed by atoms with Crippen LogP contribution in [0, 0.1) is 18.7 Å². The molecule has 0 saturated carbocycles. The Morgan fingerprint density at radius 1 is 1.19 bits per heavy atom. The van der Waals surface area contributed by atoms with Crippen LogP contribution in [0.3, 0.4) is 0 Å². The highest BCUT2D eigenvalue weighted by Crippen LogP contribution is 2.21. The number of nitrogens with zero attached hydrogens (tertiary/aromatic N) is 4. The SMILES string of the molecule is Cc1cc2nc(SCC(=O)N3CCN(c4ccc(F)cc4)CC3)n(CC(C)C)c(=O)c2[nH]1. The molecular weight excluding hydrogens is 429 g/mol. The lowest BCUT2D eigenvalue weighted by Gasteiger charge is -2.36. The summed E-state index contributed by atoms with van der Waals surface area (Å²) in [4.78, 5) is 37.6. The van der Waals surface area contributed by atoms with E-state index < -0.39 is 0 Å². The maximum atomic E-state index is 13.2. The Morgan fingerprint density at radius 3 is 2.53 bits per heavy atom. The number of amides is 1. The predicted molar refractivity (Wildman–Crippen MR) is 126 cm³/mol. The minimum absolute atomic E-state index is 0.0319. The smallest absolute Gasteiger partial charge is 0.278 e. The van der Waals surface area contributed by atoms with Gasteiger partial charge in [0.1, 0.15) is 11.3 Å². The van der Waals surface area contributed by atoms with Crippen molar-refractivity contribution in [2.75, 3.05) is 36.8 Å². The van der Waals surface area contributed by atoms with Crippen molar-refractivity contribution in [3.05, 3.63) is 52.2 Å². The Labute approximate surface area is 190 Å². The zero-order chi connectivity index (χ0) is 22.8. The van der Waals surface area contributed by atoms with Gasteiger partial charge in [-0.3, -0.25) is 14.2 Å². The molecule has 0 bridgehead atoms. The van der Waals surface area contributed by atoms with Gasteiger partial charge in [-0.15, -0.1) is 0 Å². The molecule has 7 nitrogen and oxygen atoms in total. The number of carbonyl (C=O) groups is 1. The number of H-pyrrole nitrogens is 1. The first-order chi connectivity index (χ1) is 15.3. The van der Waals surface area contributed by atoms with Crippen molar-refractivity contribution in [1.82, 2.24) is 19.4 Å². The van der Waals surface area contributed by atoms with Gasteiger partial charge in [-0.05, 0) is 43.2 Å². The van der Waals surface area contributed by atoms with Gasteiger partial charge in [0.15, 0.2) is 5.16 Å². The number of piperazine rings is 1. The standard InChI is InChI=1S/C23H28FN5O2S/c1-15(2)13-29-22(31)21-19(12-16(3)25-21)26-23(29)32-14-20(30)28-10-8-27(9-11-28)18-6-4-17(24)5-7-18/h4-7,12,15,25H,8-11,13-14H2,1-3H3. The topological polar surface area (TPSA) is 74.2 Å². The Morgan fingerprint density at radius 2 is 1.88 bits per heavy atom. The van der Waals surface area contributed by atoms with Gasteiger partial charge in [0.05, 0.1) is 11.3 Å². The number of aromatic nitrogens is 3. The van der Waals surface area contributed by atoms with Gasteiger partial charge in [-0.1, -0.05) is 25.6 Å². The molecule has 1 aromatic carbocycles. The zero-order valence-electron chi connectivity index (χ0n) is 18.6. The third-order valence-electron chi connectivity index (χ3n) is 5.53. The Hall–Kier alpha value is -2.81. The first-order valence-electron chi connectivity index (χ1n) is 10.8. The van der Waals surface area contributed by atoms with Crippen LogP contribution in [0.15, 0.2) is 40.3 Å². The molecule has 0 atom stereocenters. The molecule has 0 aliphatic carbocycles. The summed E-state index contributed by atoms with van der Waals surface area (Å²) in [6, 6.07) is 8.30. The molecule has 0 radical (unpaired) electrons. The first-order valence-corrected chi connectivity index (χ1v) is 11.8. The van der Waals surface area contributed by atoms with Crippen LogP contribution in [-0.4, -0.2) is 57.3 Å². The lowest BCUT2D eigenvalue weighted by atomic mass is 10.2. The van der Waals surface area contributed by atoms with E-state index in [1.165, 1.54) is 23.9 Å². The number of benzene rings is 1. The Bertz CT molecular complexity index is 1160. The van der Waals surface area contributed by atoms with Crippen LogP contribution < -0.4 is 10.5 Å². The molecule has 1 N–H and O–H groups in total. The molecule has 2 aromatic heterocycles.